The van der Waals surface area contributed by atoms with Crippen LogP contribution in [0.5, 0.6) is 0 Å². The van der Waals surface area contributed by atoms with Crippen molar-refractivity contribution in [2.24, 2.45) is 28.8 Å². The van der Waals surface area contributed by atoms with Gasteiger partial charge in [-0.25, -0.2) is 0 Å². The third-order valence-corrected chi connectivity index (χ3v) is 16.0. The summed E-state index contributed by atoms with van der Waals surface area (Å²) >= 11 is 0. The maximum atomic E-state index is 14.6. The minimum atomic E-state index is -1.81. The number of rotatable bonds is 15. The van der Waals surface area contributed by atoms with Crippen LogP contribution in [0.1, 0.15) is 119 Å². The predicted molar refractivity (Wildman–Crippen MR) is 264 cm³/mol. The zero-order chi connectivity index (χ0) is 51.9. The average molecular weight is 987 g/mol. The second-order valence-corrected chi connectivity index (χ2v) is 21.8. The Bertz CT molecular complexity index is 2000. The number of cyclic esters (lactones) is 1. The van der Waals surface area contributed by atoms with Crippen LogP contribution in [0.4, 0.5) is 5.69 Å². The molecule has 4 heterocycles. The standard InChI is InChI=1S/C51H86N8O11/c1-14-41-51(10,65)44(61)34(6)58(12)28-30(2)26-49(8,64)46(32(4)42(33(5)47(63)69-41)40-27-50(9,66-13)45(62)35(7)68-40)70-48-43(60)39(25-31(3)67-48)57(11)24-22-38-29-59(56-54-38)23-16-15-17-36-18-20-37(21-19-36)53-55-52/h18-21,29-35,39-46,48,60-62,64-65H,14-17,22-28H2,1-13H3/t30-,31-,32+,33-,34-,35+,39+,40-,41-,42?,43-,44-,45+,46-,48+,49-,50-,51-/m1/s1. The van der Waals surface area contributed by atoms with Crippen LogP contribution < -0.4 is 0 Å². The Morgan fingerprint density at radius 1 is 0.986 bits per heavy atom. The number of hydrogen-bond donors (Lipinski definition) is 5. The van der Waals surface area contributed by atoms with Crippen molar-refractivity contribution in [3.63, 3.8) is 0 Å². The highest BCUT2D eigenvalue weighted by Crippen LogP contribution is 2.45. The lowest BCUT2D eigenvalue weighted by atomic mass is 9.68. The molecule has 1 unspecified atom stereocenters. The Kier molecular flexibility index (Phi) is 20.3. The van der Waals surface area contributed by atoms with Gasteiger partial charge in [0.15, 0.2) is 6.29 Å². The maximum absolute atomic E-state index is 14.6. The summed E-state index contributed by atoms with van der Waals surface area (Å²) in [5.74, 6) is -3.11. The molecule has 3 fully saturated rings. The van der Waals surface area contributed by atoms with Crippen LogP contribution in [0, 0.1) is 23.7 Å². The molecule has 3 aliphatic heterocycles. The maximum Gasteiger partial charge on any atom is 0.309 e. The summed E-state index contributed by atoms with van der Waals surface area (Å²) in [6, 6.07) is 6.65. The first-order valence-corrected chi connectivity index (χ1v) is 25.5. The highest BCUT2D eigenvalue weighted by Gasteiger charge is 2.55. The molecular weight excluding hydrogens is 901 g/mol. The van der Waals surface area contributed by atoms with E-state index in [-0.39, 0.29) is 37.3 Å². The summed E-state index contributed by atoms with van der Waals surface area (Å²) in [5, 5.41) is 72.5. The monoisotopic (exact) mass is 987 g/mol. The van der Waals surface area contributed by atoms with E-state index in [2.05, 4.69) is 25.2 Å². The number of unbranched alkanes of at least 4 members (excludes halogenated alkanes) is 1. The van der Waals surface area contributed by atoms with Gasteiger partial charge >= 0.3 is 5.97 Å². The second-order valence-electron chi connectivity index (χ2n) is 21.8. The van der Waals surface area contributed by atoms with Gasteiger partial charge in [0.2, 0.25) is 0 Å². The molecule has 1 aromatic heterocycles. The van der Waals surface area contributed by atoms with Gasteiger partial charge in [-0.3, -0.25) is 9.48 Å². The molecule has 3 saturated heterocycles. The lowest BCUT2D eigenvalue weighted by molar-refractivity contribution is -0.302. The first-order valence-electron chi connectivity index (χ1n) is 25.5. The molecule has 1 aromatic carbocycles. The molecule has 0 saturated carbocycles. The van der Waals surface area contributed by atoms with E-state index in [0.717, 1.165) is 31.5 Å². The van der Waals surface area contributed by atoms with Crippen molar-refractivity contribution in [1.29, 1.82) is 0 Å². The smallest absolute Gasteiger partial charge is 0.309 e. The Morgan fingerprint density at radius 2 is 1.67 bits per heavy atom. The van der Waals surface area contributed by atoms with Gasteiger partial charge in [-0.15, -0.1) is 5.10 Å². The summed E-state index contributed by atoms with van der Waals surface area (Å²) in [7, 11) is 5.34. The number of aromatic nitrogens is 3. The highest BCUT2D eigenvalue weighted by atomic mass is 16.7. The van der Waals surface area contributed by atoms with Crippen LogP contribution in [0.2, 0.25) is 0 Å². The topological polar surface area (TPSA) is 250 Å². The Balaban J connectivity index is 1.39. The lowest BCUT2D eigenvalue weighted by Gasteiger charge is -2.51. The van der Waals surface area contributed by atoms with E-state index in [1.807, 2.05) is 88.8 Å². The number of methoxy groups -OCH3 is 1. The summed E-state index contributed by atoms with van der Waals surface area (Å²) < 4.78 is 34.0. The van der Waals surface area contributed by atoms with Crippen LogP contribution in [0.25, 0.3) is 10.4 Å². The summed E-state index contributed by atoms with van der Waals surface area (Å²) in [6.45, 7) is 19.7. The number of carbonyl (C=O) groups is 1. The van der Waals surface area contributed by atoms with Crippen molar-refractivity contribution in [1.82, 2.24) is 24.8 Å². The number of benzene rings is 1. The Labute approximate surface area is 415 Å². The molecule has 3 aliphatic rings. The molecule has 70 heavy (non-hydrogen) atoms. The number of aliphatic hydroxyl groups is 5. The molecule has 19 heteroatoms. The van der Waals surface area contributed by atoms with Gasteiger partial charge in [0.05, 0.1) is 47.2 Å². The number of azide groups is 1. The molecule has 5 N–H and O–H groups in total. The number of carbonyl (C=O) groups excluding carboxylic acids is 1. The van der Waals surface area contributed by atoms with Gasteiger partial charge in [0.1, 0.15) is 30.0 Å². The molecule has 19 nitrogen and oxygen atoms in total. The van der Waals surface area contributed by atoms with E-state index in [1.165, 1.54) is 19.6 Å². The third-order valence-electron chi connectivity index (χ3n) is 16.0. The number of likely N-dealkylation sites (N-methyl/N-ethyl adjacent to an activating group) is 2. The van der Waals surface area contributed by atoms with E-state index < -0.39 is 95.6 Å². The minimum absolute atomic E-state index is 0.167. The molecule has 0 bridgehead atoms. The van der Waals surface area contributed by atoms with Crippen molar-refractivity contribution >= 4 is 11.7 Å². The summed E-state index contributed by atoms with van der Waals surface area (Å²) in [6.07, 6.45) is -1.94. The van der Waals surface area contributed by atoms with E-state index in [9.17, 15) is 30.3 Å². The lowest BCUT2D eigenvalue weighted by Crippen LogP contribution is -2.62. The van der Waals surface area contributed by atoms with Gasteiger partial charge in [0, 0.05) is 74.4 Å². The quantitative estimate of drug-likeness (QED) is 0.0497. The second kappa shape index (κ2) is 24.6. The molecule has 0 spiro atoms. The fraction of sp³-hybridized carbons (Fsp3) is 0.824. The van der Waals surface area contributed by atoms with Crippen LogP contribution in [-0.2, 0) is 47.9 Å². The van der Waals surface area contributed by atoms with Crippen LogP contribution in [-0.4, -0.2) is 175 Å². The van der Waals surface area contributed by atoms with Gasteiger partial charge in [-0.05, 0) is 117 Å². The van der Waals surface area contributed by atoms with E-state index in [1.54, 1.807) is 27.7 Å². The fourth-order valence-corrected chi connectivity index (χ4v) is 11.6. The van der Waals surface area contributed by atoms with Gasteiger partial charge < -0.3 is 59.0 Å². The van der Waals surface area contributed by atoms with Crippen molar-refractivity contribution in [3.05, 3.63) is 52.2 Å². The summed E-state index contributed by atoms with van der Waals surface area (Å²) in [5.41, 5.74) is 6.81. The molecule has 18 atom stereocenters. The van der Waals surface area contributed by atoms with E-state index in [0.29, 0.717) is 31.6 Å². The number of hydrogen-bond acceptors (Lipinski definition) is 16. The molecule has 0 amide bonds. The van der Waals surface area contributed by atoms with E-state index in [4.69, 9.17) is 29.2 Å². The number of aryl methyl sites for hydroxylation is 2. The molecule has 2 aromatic rings. The molecule has 0 radical (unpaired) electrons. The van der Waals surface area contributed by atoms with E-state index >= 15 is 0 Å². The van der Waals surface area contributed by atoms with Crippen LogP contribution in [0.15, 0.2) is 35.6 Å². The first kappa shape index (κ1) is 57.6. The third kappa shape index (κ3) is 13.8. The van der Waals surface area contributed by atoms with Gasteiger partial charge in [-0.1, -0.05) is 62.3 Å². The van der Waals surface area contributed by atoms with Crippen molar-refractivity contribution < 1.29 is 54.0 Å². The van der Waals surface area contributed by atoms with Crippen LogP contribution in [0.3, 0.4) is 0 Å². The van der Waals surface area contributed by atoms with Crippen molar-refractivity contribution in [2.45, 2.75) is 211 Å². The van der Waals surface area contributed by atoms with Crippen LogP contribution >= 0.6 is 0 Å². The zero-order valence-corrected chi connectivity index (χ0v) is 44.1. The molecule has 396 valence electrons. The van der Waals surface area contributed by atoms with Crippen molar-refractivity contribution in [2.75, 3.05) is 34.3 Å². The predicted octanol–water partition coefficient (Wildman–Crippen LogP) is 5.34. The van der Waals surface area contributed by atoms with Gasteiger partial charge in [0.25, 0.3) is 0 Å². The summed E-state index contributed by atoms with van der Waals surface area (Å²) in [4.78, 5) is 21.5. The molecule has 5 rings (SSSR count). The number of ether oxygens (including phenoxy) is 5. The molecule has 0 aliphatic carbocycles. The highest BCUT2D eigenvalue weighted by molar-refractivity contribution is 5.73. The molecular formula is C51H86N8O11. The normalized spacial score (nSPS) is 39.7. The Hall–Kier alpha value is -3.30. The largest absolute Gasteiger partial charge is 0.459 e. The van der Waals surface area contributed by atoms with Gasteiger partial charge in [-0.2, -0.15) is 0 Å². The average Bonchev–Trinajstić information content (AvgIpc) is 3.77. The minimum Gasteiger partial charge on any atom is -0.459 e. The zero-order valence-electron chi connectivity index (χ0n) is 44.1. The number of nitrogens with zero attached hydrogens (tertiary/aromatic N) is 8. The SMILES string of the molecule is CC[C@H]1OC(=O)[C@H](C)C([C@H]2C[C@@](C)(OC)[C@@H](O)[C@H](C)O2)[C@H](C)[C@@H](O[C@@H]2O[C@H](C)C[C@H](N(C)CCc3cn(CCCCc4ccc(N=[N+]=[N-])cc4)nn3)[C@H]2O)[C@](C)(O)C[C@@H](C)CN(C)[C@H](C)[C@@H](O)[C@]1(C)O. The number of esters is 1. The van der Waals surface area contributed by atoms with Crippen molar-refractivity contribution in [3.8, 4) is 0 Å². The first-order chi connectivity index (χ1) is 32.9. The fourth-order valence-electron chi connectivity index (χ4n) is 11.6. The number of aliphatic hydroxyl groups excluding tert-OH is 3. The Morgan fingerprint density at radius 3 is 2.31 bits per heavy atom.